The Balaban J connectivity index is 2.19. The number of alkyl halides is 1. The van der Waals surface area contributed by atoms with Gasteiger partial charge in [-0.05, 0) is 24.5 Å². The van der Waals surface area contributed by atoms with Crippen LogP contribution in [-0.4, -0.2) is 5.33 Å². The van der Waals surface area contributed by atoms with Crippen molar-refractivity contribution >= 4 is 15.9 Å². The largest absolute Gasteiger partial charge is 0.469 e. The summed E-state index contributed by atoms with van der Waals surface area (Å²) in [4.78, 5) is 0. The Kier molecular flexibility index (Phi) is 1.60. The fourth-order valence-electron chi connectivity index (χ4n) is 1.58. The van der Waals surface area contributed by atoms with Crippen molar-refractivity contribution in [3.05, 3.63) is 24.2 Å². The highest BCUT2D eigenvalue weighted by atomic mass is 79.9. The number of hydrogen-bond acceptors (Lipinski definition) is 1. The summed E-state index contributed by atoms with van der Waals surface area (Å²) in [6.45, 7) is 2.26. The van der Waals surface area contributed by atoms with E-state index in [4.69, 9.17) is 4.42 Å². The molecule has 1 nitrogen and oxygen atoms in total. The van der Waals surface area contributed by atoms with Gasteiger partial charge in [0.1, 0.15) is 5.76 Å². The highest BCUT2D eigenvalue weighted by Crippen LogP contribution is 2.54. The topological polar surface area (TPSA) is 13.1 Å². The van der Waals surface area contributed by atoms with Gasteiger partial charge >= 0.3 is 0 Å². The summed E-state index contributed by atoms with van der Waals surface area (Å²) in [5.74, 6) is 1.91. The molecule has 60 valence electrons. The summed E-state index contributed by atoms with van der Waals surface area (Å²) in [5, 5.41) is 1.09. The Morgan fingerprint density at radius 2 is 2.64 bits per heavy atom. The maximum atomic E-state index is 5.37. The highest BCUT2D eigenvalue weighted by molar-refractivity contribution is 9.09. The molecule has 2 heteroatoms. The van der Waals surface area contributed by atoms with Gasteiger partial charge in [-0.25, -0.2) is 0 Å². The lowest BCUT2D eigenvalue weighted by Crippen LogP contribution is -2.02. The van der Waals surface area contributed by atoms with Crippen LogP contribution in [0.2, 0.25) is 0 Å². The van der Waals surface area contributed by atoms with E-state index in [-0.39, 0.29) is 0 Å². The molecule has 2 rings (SSSR count). The van der Waals surface area contributed by atoms with Crippen molar-refractivity contribution in [1.82, 2.24) is 0 Å². The van der Waals surface area contributed by atoms with E-state index in [2.05, 4.69) is 28.9 Å². The summed E-state index contributed by atoms with van der Waals surface area (Å²) in [5.41, 5.74) is 0.326. The van der Waals surface area contributed by atoms with Gasteiger partial charge in [-0.15, -0.1) is 0 Å². The lowest BCUT2D eigenvalue weighted by molar-refractivity contribution is 0.454. The molecule has 0 amide bonds. The fraction of sp³-hybridized carbons (Fsp3) is 0.556. The van der Waals surface area contributed by atoms with Crippen molar-refractivity contribution in [1.29, 1.82) is 0 Å². The molecule has 0 N–H and O–H groups in total. The van der Waals surface area contributed by atoms with E-state index in [9.17, 15) is 0 Å². The Labute approximate surface area is 74.9 Å². The van der Waals surface area contributed by atoms with Crippen LogP contribution < -0.4 is 0 Å². The van der Waals surface area contributed by atoms with E-state index >= 15 is 0 Å². The quantitative estimate of drug-likeness (QED) is 0.691. The van der Waals surface area contributed by atoms with Crippen LogP contribution in [0.15, 0.2) is 22.8 Å². The van der Waals surface area contributed by atoms with Crippen LogP contribution in [0.3, 0.4) is 0 Å². The van der Waals surface area contributed by atoms with Crippen molar-refractivity contribution in [3.63, 3.8) is 0 Å². The van der Waals surface area contributed by atoms with Gasteiger partial charge in [-0.3, -0.25) is 0 Å². The zero-order chi connectivity index (χ0) is 7.90. The molecular weight excluding hydrogens is 204 g/mol. The molecule has 1 heterocycles. The Morgan fingerprint density at radius 3 is 3.09 bits per heavy atom. The zero-order valence-electron chi connectivity index (χ0n) is 6.51. The van der Waals surface area contributed by atoms with E-state index in [0.29, 0.717) is 5.41 Å². The van der Waals surface area contributed by atoms with E-state index in [1.807, 2.05) is 6.07 Å². The van der Waals surface area contributed by atoms with Gasteiger partial charge < -0.3 is 4.42 Å². The molecule has 1 fully saturated rings. The molecule has 1 aromatic heterocycles. The lowest BCUT2D eigenvalue weighted by Gasteiger charge is -2.04. The molecule has 0 bridgehead atoms. The third-order valence-electron chi connectivity index (χ3n) is 2.68. The minimum absolute atomic E-state index is 0.326. The molecule has 0 radical (unpaired) electrons. The molecule has 2 unspecified atom stereocenters. The third-order valence-corrected chi connectivity index (χ3v) is 3.46. The molecule has 1 saturated carbocycles. The van der Waals surface area contributed by atoms with E-state index in [1.165, 1.54) is 6.42 Å². The molecule has 0 spiro atoms. The van der Waals surface area contributed by atoms with Gasteiger partial charge in [0, 0.05) is 10.7 Å². The normalized spacial score (nSPS) is 35.6. The lowest BCUT2D eigenvalue weighted by atomic mass is 10.0. The molecule has 2 atom stereocenters. The van der Waals surface area contributed by atoms with Crippen molar-refractivity contribution in [2.75, 3.05) is 5.33 Å². The predicted octanol–water partition coefficient (Wildman–Crippen LogP) is 2.95. The minimum Gasteiger partial charge on any atom is -0.469 e. The van der Waals surface area contributed by atoms with Gasteiger partial charge in [-0.2, -0.15) is 0 Å². The second-order valence-corrected chi connectivity index (χ2v) is 4.10. The molecule has 0 saturated heterocycles. The number of halogens is 1. The van der Waals surface area contributed by atoms with Gasteiger partial charge in [0.25, 0.3) is 0 Å². The van der Waals surface area contributed by atoms with Crippen molar-refractivity contribution in [2.24, 2.45) is 5.92 Å². The number of hydrogen-bond donors (Lipinski definition) is 0. The smallest absolute Gasteiger partial charge is 0.109 e. The first kappa shape index (κ1) is 7.41. The summed E-state index contributed by atoms with van der Waals surface area (Å²) in [6, 6.07) is 4.03. The Bertz CT molecular complexity index is 242. The van der Waals surface area contributed by atoms with Crippen LogP contribution in [0, 0.1) is 5.92 Å². The van der Waals surface area contributed by atoms with Crippen LogP contribution in [0.25, 0.3) is 0 Å². The first-order valence-electron chi connectivity index (χ1n) is 3.87. The molecule has 0 aromatic carbocycles. The van der Waals surface area contributed by atoms with E-state index in [1.54, 1.807) is 6.26 Å². The summed E-state index contributed by atoms with van der Waals surface area (Å²) >= 11 is 3.50. The highest BCUT2D eigenvalue weighted by Gasteiger charge is 2.52. The van der Waals surface area contributed by atoms with Gasteiger partial charge in [0.15, 0.2) is 0 Å². The molecule has 0 aliphatic heterocycles. The molecule has 1 aliphatic rings. The molecule has 1 aliphatic carbocycles. The number of rotatable bonds is 2. The fourth-order valence-corrected chi connectivity index (χ4v) is 2.53. The van der Waals surface area contributed by atoms with Crippen LogP contribution in [0.4, 0.5) is 0 Å². The maximum absolute atomic E-state index is 5.37. The summed E-state index contributed by atoms with van der Waals surface area (Å²) in [7, 11) is 0. The van der Waals surface area contributed by atoms with Crippen LogP contribution in [0.5, 0.6) is 0 Å². The Morgan fingerprint density at radius 1 is 1.82 bits per heavy atom. The van der Waals surface area contributed by atoms with Crippen LogP contribution >= 0.6 is 15.9 Å². The average Bonchev–Trinajstić information content (AvgIpc) is 2.55. The van der Waals surface area contributed by atoms with Crippen LogP contribution in [-0.2, 0) is 5.41 Å². The van der Waals surface area contributed by atoms with Crippen molar-refractivity contribution in [3.8, 4) is 0 Å². The minimum atomic E-state index is 0.326. The molecular formula is C9H11BrO. The van der Waals surface area contributed by atoms with Gasteiger partial charge in [0.05, 0.1) is 6.26 Å². The van der Waals surface area contributed by atoms with E-state index < -0.39 is 0 Å². The second-order valence-electron chi connectivity index (χ2n) is 3.45. The molecule has 1 aromatic rings. The first-order valence-corrected chi connectivity index (χ1v) is 4.99. The maximum Gasteiger partial charge on any atom is 0.109 e. The monoisotopic (exact) mass is 214 g/mol. The standard InChI is InChI=1S/C9H11BrO/c1-9(5-7(9)6-10)8-3-2-4-11-8/h2-4,7H,5-6H2,1H3. The molecule has 11 heavy (non-hydrogen) atoms. The Hall–Kier alpha value is -0.240. The van der Waals surface area contributed by atoms with Gasteiger partial charge in [0.2, 0.25) is 0 Å². The average molecular weight is 215 g/mol. The summed E-state index contributed by atoms with van der Waals surface area (Å²) < 4.78 is 5.37. The number of furan rings is 1. The first-order chi connectivity index (χ1) is 5.27. The van der Waals surface area contributed by atoms with Crippen LogP contribution in [0.1, 0.15) is 19.1 Å². The second kappa shape index (κ2) is 2.37. The predicted molar refractivity (Wildman–Crippen MR) is 48.0 cm³/mol. The SMILES string of the molecule is CC1(c2ccco2)CC1CBr. The van der Waals surface area contributed by atoms with E-state index in [0.717, 1.165) is 17.0 Å². The summed E-state index contributed by atoms with van der Waals surface area (Å²) in [6.07, 6.45) is 3.01. The van der Waals surface area contributed by atoms with Crippen molar-refractivity contribution in [2.45, 2.75) is 18.8 Å². The van der Waals surface area contributed by atoms with Gasteiger partial charge in [-0.1, -0.05) is 22.9 Å². The zero-order valence-corrected chi connectivity index (χ0v) is 8.10. The van der Waals surface area contributed by atoms with Crippen molar-refractivity contribution < 1.29 is 4.42 Å². The third kappa shape index (κ3) is 1.04.